The molecular formula is C72H88O13Si3. The van der Waals surface area contributed by atoms with E-state index in [4.69, 9.17) is 47.0 Å². The van der Waals surface area contributed by atoms with E-state index in [9.17, 15) is 14.4 Å². The molecule has 0 aliphatic rings. The summed E-state index contributed by atoms with van der Waals surface area (Å²) < 4.78 is 57.6. The number of methoxy groups -OCH3 is 2. The number of allylic oxidation sites excluding steroid dienone is 2. The van der Waals surface area contributed by atoms with E-state index < -0.39 is 47.6 Å². The van der Waals surface area contributed by atoms with Gasteiger partial charge in [-0.2, -0.15) is 0 Å². The van der Waals surface area contributed by atoms with Crippen molar-refractivity contribution in [3.8, 4) is 46.0 Å². The van der Waals surface area contributed by atoms with E-state index >= 15 is 0 Å². The third kappa shape index (κ3) is 17.7. The molecule has 0 radical (unpaired) electrons. The number of carbonyl (C=O) groups is 3. The molecule has 13 nitrogen and oxygen atoms in total. The Balaban J connectivity index is 0.817. The largest absolute Gasteiger partial charge is 0.519 e. The van der Waals surface area contributed by atoms with E-state index in [1.807, 2.05) is 97.9 Å². The van der Waals surface area contributed by atoms with E-state index in [1.54, 1.807) is 74.9 Å². The zero-order chi connectivity index (χ0) is 64.1. The van der Waals surface area contributed by atoms with Crippen molar-refractivity contribution < 1.29 is 61.4 Å². The molecule has 0 fully saturated rings. The first-order valence-corrected chi connectivity index (χ1v) is 40.3. The van der Waals surface area contributed by atoms with Gasteiger partial charge < -0.3 is 42.5 Å². The highest BCUT2D eigenvalue weighted by atomic mass is 29.3. The Morgan fingerprint density at radius 2 is 0.773 bits per heavy atom. The number of ether oxygens (including phenoxy) is 8. The molecule has 0 spiro atoms. The van der Waals surface area contributed by atoms with Crippen LogP contribution in [0.5, 0.6) is 46.0 Å². The molecule has 0 aliphatic carbocycles. The summed E-state index contributed by atoms with van der Waals surface area (Å²) in [5.74, 6) is 2.88. The summed E-state index contributed by atoms with van der Waals surface area (Å²) in [6, 6.07) is 52.9. The Morgan fingerprint density at radius 3 is 1.15 bits per heavy atom. The lowest BCUT2D eigenvalue weighted by Gasteiger charge is -2.38. The topological polar surface area (TPSA) is 144 Å². The summed E-state index contributed by atoms with van der Waals surface area (Å²) in [6.45, 7) is 30.7. The number of carbonyl (C=O) groups excluding carboxylic acids is 3. The highest BCUT2D eigenvalue weighted by molar-refractivity contribution is 7.38. The second-order valence-corrected chi connectivity index (χ2v) is 45.0. The fourth-order valence-corrected chi connectivity index (χ4v) is 18.3. The standard InChI is InChI=1S/C72H88O13Si3/c1-17-51(2)70(3,4)55-29-37-59(38-30-55)78-67(73)79-60-39-33-57(34-40-60)72(7,8)58-35-43-62(44-36-58)81-69(75)83-64-46-28-53(50-66(64)77-10)24-22-48-87(13,14)88(15,16)85-84-86(11,12)47-21-23-52-27-45-63(65(49-52)76-9)82-68(74)80-61-41-31-56(32-42-61)71(5,6)54-25-19-18-20-26-54/h17-20,25-46,49-50H,21-24,47-48H2,1-16H3/b51-17+. The number of hydrogen-bond acceptors (Lipinski definition) is 13. The molecule has 16 heteroatoms. The van der Waals surface area contributed by atoms with Gasteiger partial charge in [-0.05, 0) is 177 Å². The molecule has 0 unspecified atom stereocenters. The van der Waals surface area contributed by atoms with Crippen molar-refractivity contribution in [3.63, 3.8) is 0 Å². The molecule has 0 amide bonds. The molecule has 0 aliphatic heterocycles. The van der Waals surface area contributed by atoms with Crippen LogP contribution in [0, 0.1) is 0 Å². The first-order chi connectivity index (χ1) is 41.5. The average Bonchev–Trinajstić information content (AvgIpc) is 3.64. The van der Waals surface area contributed by atoms with E-state index in [0.717, 1.165) is 71.2 Å². The van der Waals surface area contributed by atoms with E-state index in [2.05, 4.69) is 106 Å². The highest BCUT2D eigenvalue weighted by Crippen LogP contribution is 2.38. The first-order valence-electron chi connectivity index (χ1n) is 30.1. The van der Waals surface area contributed by atoms with Crippen molar-refractivity contribution in [1.82, 2.24) is 0 Å². The van der Waals surface area contributed by atoms with Crippen molar-refractivity contribution >= 4 is 42.2 Å². The number of benzene rings is 7. The number of hydrogen-bond donors (Lipinski definition) is 0. The molecule has 88 heavy (non-hydrogen) atoms. The van der Waals surface area contributed by atoms with E-state index in [-0.39, 0.29) is 22.3 Å². The first kappa shape index (κ1) is 67.8. The van der Waals surface area contributed by atoms with Crippen LogP contribution >= 0.6 is 0 Å². The maximum atomic E-state index is 13.1. The Kier molecular flexibility index (Phi) is 22.4. The van der Waals surface area contributed by atoms with Gasteiger partial charge in [-0.15, -0.1) is 0 Å². The van der Waals surface area contributed by atoms with Gasteiger partial charge in [-0.1, -0.05) is 170 Å². The Hall–Kier alpha value is -7.74. The van der Waals surface area contributed by atoms with Gasteiger partial charge in [-0.25, -0.2) is 14.4 Å². The van der Waals surface area contributed by atoms with Gasteiger partial charge in [-0.3, -0.25) is 4.58 Å². The van der Waals surface area contributed by atoms with Crippen LogP contribution in [0.3, 0.4) is 0 Å². The van der Waals surface area contributed by atoms with Crippen LogP contribution in [-0.4, -0.2) is 56.4 Å². The maximum Gasteiger partial charge on any atom is 0.519 e. The van der Waals surface area contributed by atoms with Gasteiger partial charge in [0.15, 0.2) is 23.0 Å². The smallest absolute Gasteiger partial charge is 0.493 e. The minimum absolute atomic E-state index is 0.144. The van der Waals surface area contributed by atoms with E-state index in [0.29, 0.717) is 34.5 Å². The van der Waals surface area contributed by atoms with Gasteiger partial charge in [0.2, 0.25) is 16.2 Å². The van der Waals surface area contributed by atoms with Crippen LogP contribution < -0.4 is 37.9 Å². The van der Waals surface area contributed by atoms with Gasteiger partial charge in [0.1, 0.15) is 23.0 Å². The predicted octanol–water partition coefficient (Wildman–Crippen LogP) is 19.0. The monoisotopic (exact) mass is 1240 g/mol. The van der Waals surface area contributed by atoms with Crippen LogP contribution in [0.4, 0.5) is 14.4 Å². The van der Waals surface area contributed by atoms with Crippen molar-refractivity contribution in [1.29, 1.82) is 0 Å². The zero-order valence-corrected chi connectivity index (χ0v) is 57.2. The van der Waals surface area contributed by atoms with Gasteiger partial charge in [0.25, 0.3) is 0 Å². The molecule has 0 aromatic heterocycles. The SMILES string of the molecule is C/C=C(\C)C(C)(C)c1ccc(OC(=O)Oc2ccc(C(C)(C)c3ccc(OC(=O)Oc4ccc(CCC[Si](C)(C)[Si](C)(C)OO[Si](C)(C)CCCc5ccc(OC(=O)Oc6ccc(C(C)(C)c7ccccc7)cc6)c(OC)c5)cc4OC)cc3)cc2)cc1. The molecule has 0 saturated heterocycles. The fraction of sp³-hybridized carbons (Fsp3) is 0.347. The third-order valence-corrected chi connectivity index (χ3v) is 35.9. The Morgan fingerprint density at radius 1 is 0.420 bits per heavy atom. The summed E-state index contributed by atoms with van der Waals surface area (Å²) in [6.07, 6.45) is 3.00. The van der Waals surface area contributed by atoms with Crippen molar-refractivity contribution in [3.05, 3.63) is 214 Å². The normalized spacial score (nSPS) is 12.4. The summed E-state index contributed by atoms with van der Waals surface area (Å²) in [5.41, 5.74) is 7.91. The second-order valence-electron chi connectivity index (χ2n) is 25.7. The Bertz CT molecular complexity index is 3500. The van der Waals surface area contributed by atoms with Crippen LogP contribution in [0.25, 0.3) is 0 Å². The lowest BCUT2D eigenvalue weighted by atomic mass is 9.78. The van der Waals surface area contributed by atoms with Crippen LogP contribution in [-0.2, 0) is 38.2 Å². The van der Waals surface area contributed by atoms with Crippen molar-refractivity contribution in [2.24, 2.45) is 0 Å². The van der Waals surface area contributed by atoms with Crippen molar-refractivity contribution in [2.75, 3.05) is 14.2 Å². The average molecular weight is 1250 g/mol. The Labute approximate surface area is 524 Å². The predicted molar refractivity (Wildman–Crippen MR) is 356 cm³/mol. The lowest BCUT2D eigenvalue weighted by molar-refractivity contribution is -0.121. The molecule has 0 N–H and O–H groups in total. The molecule has 7 aromatic carbocycles. The quantitative estimate of drug-likeness (QED) is 0.0127. The van der Waals surface area contributed by atoms with E-state index in [1.165, 1.54) is 11.1 Å². The minimum atomic E-state index is -2.22. The molecular weight excluding hydrogens is 1160 g/mol. The summed E-state index contributed by atoms with van der Waals surface area (Å²) in [5, 5.41) is 0. The van der Waals surface area contributed by atoms with Crippen LogP contribution in [0.1, 0.15) is 107 Å². The highest BCUT2D eigenvalue weighted by Gasteiger charge is 2.45. The van der Waals surface area contributed by atoms with Gasteiger partial charge >= 0.3 is 18.5 Å². The third-order valence-electron chi connectivity index (χ3n) is 17.5. The van der Waals surface area contributed by atoms with Crippen LogP contribution in [0.2, 0.25) is 51.4 Å². The molecule has 0 saturated carbocycles. The molecule has 0 heterocycles. The second kappa shape index (κ2) is 29.1. The van der Waals surface area contributed by atoms with Gasteiger partial charge in [0, 0.05) is 16.2 Å². The number of aryl methyl sites for hydroxylation is 2. The molecule has 7 aromatic rings. The fourth-order valence-electron chi connectivity index (χ4n) is 10.2. The summed E-state index contributed by atoms with van der Waals surface area (Å²) in [7, 11) is -3.19. The molecule has 0 bridgehead atoms. The molecule has 7 rings (SSSR count). The van der Waals surface area contributed by atoms with Crippen molar-refractivity contribution in [2.45, 2.75) is 149 Å². The lowest BCUT2D eigenvalue weighted by Crippen LogP contribution is -2.58. The minimum Gasteiger partial charge on any atom is -0.493 e. The molecule has 466 valence electrons. The number of rotatable bonds is 26. The molecule has 0 atom stereocenters. The zero-order valence-electron chi connectivity index (χ0n) is 54.2. The van der Waals surface area contributed by atoms with Gasteiger partial charge in [0.05, 0.1) is 21.8 Å². The van der Waals surface area contributed by atoms with Crippen LogP contribution in [0.15, 0.2) is 175 Å². The summed E-state index contributed by atoms with van der Waals surface area (Å²) >= 11 is 0. The summed E-state index contributed by atoms with van der Waals surface area (Å²) in [4.78, 5) is 38.7. The maximum absolute atomic E-state index is 13.1.